The number of anilines is 2. The molecule has 0 radical (unpaired) electrons. The van der Waals surface area contributed by atoms with E-state index in [1.807, 2.05) is 71.6 Å². The number of esters is 1. The third-order valence-electron chi connectivity index (χ3n) is 11.2. The maximum Gasteiger partial charge on any atom is 0.410 e. The quantitative estimate of drug-likeness (QED) is 0.0392. The Morgan fingerprint density at radius 3 is 2.41 bits per heavy atom. The van der Waals surface area contributed by atoms with E-state index in [-0.39, 0.29) is 51.6 Å². The van der Waals surface area contributed by atoms with Crippen molar-refractivity contribution in [2.24, 2.45) is 5.11 Å². The minimum atomic E-state index is -0.829. The second kappa shape index (κ2) is 18.2. The van der Waals surface area contributed by atoms with E-state index in [0.29, 0.717) is 53.7 Å². The average molecular weight is 844 g/mol. The number of fused-ring (bicyclic) bond motifs is 3. The molecule has 0 spiro atoms. The predicted molar refractivity (Wildman–Crippen MR) is 227 cm³/mol. The van der Waals surface area contributed by atoms with E-state index < -0.39 is 36.0 Å². The Balaban J connectivity index is 1.11. The molecule has 0 aliphatic carbocycles. The molecule has 1 aromatic heterocycles. The Hall–Kier alpha value is -6.90. The molecule has 3 amide bonds. The van der Waals surface area contributed by atoms with Crippen molar-refractivity contribution in [3.8, 4) is 6.01 Å². The molecule has 2 atom stereocenters. The first-order valence-corrected chi connectivity index (χ1v) is 20.3. The van der Waals surface area contributed by atoms with Crippen LogP contribution in [0.2, 0.25) is 5.02 Å². The maximum atomic E-state index is 13.4. The highest BCUT2D eigenvalue weighted by atomic mass is 35.5. The van der Waals surface area contributed by atoms with Crippen LogP contribution in [0.1, 0.15) is 50.4 Å². The normalized spacial score (nSPS) is 16.5. The predicted octanol–water partition coefficient (Wildman–Crippen LogP) is 6.98. The largest absolute Gasteiger partial charge is 0.469 e. The van der Waals surface area contributed by atoms with Crippen LogP contribution in [-0.4, -0.2) is 102 Å². The lowest BCUT2D eigenvalue weighted by Crippen LogP contribution is -2.56. The molecular formula is C44H42ClN9O7. The van der Waals surface area contributed by atoms with Crippen LogP contribution in [0.4, 0.5) is 16.3 Å². The van der Waals surface area contributed by atoms with Crippen molar-refractivity contribution in [3.63, 3.8) is 0 Å². The molecule has 0 bridgehead atoms. The summed E-state index contributed by atoms with van der Waals surface area (Å²) in [4.78, 5) is 72.5. The second-order valence-electron chi connectivity index (χ2n) is 14.9. The van der Waals surface area contributed by atoms with Gasteiger partial charge in [-0.25, -0.2) is 4.79 Å². The highest BCUT2D eigenvalue weighted by molar-refractivity contribution is 6.36. The minimum absolute atomic E-state index is 0.00505. The Labute approximate surface area is 356 Å². The molecule has 1 fully saturated rings. The van der Waals surface area contributed by atoms with Crippen molar-refractivity contribution in [2.45, 2.75) is 44.6 Å². The number of rotatable bonds is 13. The highest BCUT2D eigenvalue weighted by Crippen LogP contribution is 2.38. The van der Waals surface area contributed by atoms with Crippen LogP contribution in [0.3, 0.4) is 0 Å². The third kappa shape index (κ3) is 8.72. The van der Waals surface area contributed by atoms with Gasteiger partial charge in [-0.15, -0.1) is 0 Å². The van der Waals surface area contributed by atoms with Crippen LogP contribution in [0.5, 0.6) is 6.01 Å². The van der Waals surface area contributed by atoms with Gasteiger partial charge in [0.2, 0.25) is 0 Å². The Bertz CT molecular complexity index is 2500. The van der Waals surface area contributed by atoms with Gasteiger partial charge in [0.15, 0.2) is 0 Å². The number of ether oxygens (including phenoxy) is 3. The molecule has 312 valence electrons. The zero-order valence-corrected chi connectivity index (χ0v) is 34.1. The van der Waals surface area contributed by atoms with Crippen LogP contribution in [0, 0.1) is 0 Å². The van der Waals surface area contributed by atoms with Crippen LogP contribution >= 0.6 is 11.6 Å². The Morgan fingerprint density at radius 2 is 1.67 bits per heavy atom. The molecule has 17 heteroatoms. The van der Waals surface area contributed by atoms with Gasteiger partial charge in [0.05, 0.1) is 54.5 Å². The van der Waals surface area contributed by atoms with Crippen LogP contribution < -0.4 is 14.5 Å². The number of azide groups is 1. The maximum absolute atomic E-state index is 13.4. The minimum Gasteiger partial charge on any atom is -0.469 e. The molecule has 3 aliphatic heterocycles. The van der Waals surface area contributed by atoms with Gasteiger partial charge in [0, 0.05) is 60.7 Å². The number of carbonyl (C=O) groups excluding carboxylic acids is 4. The van der Waals surface area contributed by atoms with Gasteiger partial charge in [-0.1, -0.05) is 83.4 Å². The zero-order chi connectivity index (χ0) is 42.5. The summed E-state index contributed by atoms with van der Waals surface area (Å²) in [5.74, 6) is -0.757. The fraction of sp³-hybridized carbons (Fsp3) is 0.318. The van der Waals surface area contributed by atoms with E-state index in [4.69, 9.17) is 35.8 Å². The van der Waals surface area contributed by atoms with E-state index in [1.54, 1.807) is 29.2 Å². The van der Waals surface area contributed by atoms with Gasteiger partial charge in [-0.2, -0.15) is 9.97 Å². The van der Waals surface area contributed by atoms with Gasteiger partial charge < -0.3 is 28.9 Å². The lowest BCUT2D eigenvalue weighted by Gasteiger charge is -2.43. The Kier molecular flexibility index (Phi) is 12.2. The number of hydrogen-bond donors (Lipinski definition) is 0. The number of hydrogen-bond acceptors (Lipinski definition) is 12. The van der Waals surface area contributed by atoms with Gasteiger partial charge in [-0.3, -0.25) is 19.3 Å². The van der Waals surface area contributed by atoms with Gasteiger partial charge in [0.25, 0.3) is 11.8 Å². The fourth-order valence-electron chi connectivity index (χ4n) is 8.16. The van der Waals surface area contributed by atoms with Gasteiger partial charge in [-0.05, 0) is 47.2 Å². The first kappa shape index (κ1) is 40.9. The summed E-state index contributed by atoms with van der Waals surface area (Å²) in [7, 11) is 1.32. The molecule has 16 nitrogen and oxygen atoms in total. The molecule has 2 unspecified atom stereocenters. The van der Waals surface area contributed by atoms with Crippen molar-refractivity contribution >= 4 is 57.8 Å². The molecule has 3 aliphatic rings. The van der Waals surface area contributed by atoms with E-state index in [1.165, 1.54) is 7.11 Å². The molecule has 5 aromatic rings. The summed E-state index contributed by atoms with van der Waals surface area (Å²) in [6, 6.07) is 27.3. The molecular weight excluding hydrogens is 802 g/mol. The van der Waals surface area contributed by atoms with Crippen molar-refractivity contribution in [2.75, 3.05) is 56.2 Å². The summed E-state index contributed by atoms with van der Waals surface area (Å²) in [5, 5.41) is 6.30. The number of halogens is 1. The molecule has 4 aromatic carbocycles. The average Bonchev–Trinajstić information content (AvgIpc) is 3.53. The number of amides is 3. The van der Waals surface area contributed by atoms with Crippen LogP contribution in [0.25, 0.3) is 21.2 Å². The van der Waals surface area contributed by atoms with Crippen molar-refractivity contribution in [1.82, 2.24) is 19.8 Å². The lowest BCUT2D eigenvalue weighted by molar-refractivity contribution is -0.141. The first-order chi connectivity index (χ1) is 29.7. The van der Waals surface area contributed by atoms with Crippen molar-refractivity contribution in [3.05, 3.63) is 134 Å². The number of carbonyl (C=O) groups is 4. The van der Waals surface area contributed by atoms with E-state index in [9.17, 15) is 24.7 Å². The molecule has 8 rings (SSSR count). The molecule has 0 saturated carbocycles. The van der Waals surface area contributed by atoms with E-state index in [0.717, 1.165) is 32.5 Å². The summed E-state index contributed by atoms with van der Waals surface area (Å²) in [5.41, 5.74) is 13.2. The summed E-state index contributed by atoms with van der Waals surface area (Å²) in [6.07, 6.45) is -0.734. The number of piperazine rings is 1. The molecule has 0 N–H and O–H groups in total. The number of nitrogens with zero attached hydrogens (tertiary/aromatic N) is 9. The first-order valence-electron chi connectivity index (χ1n) is 20.0. The zero-order valence-electron chi connectivity index (χ0n) is 33.4. The van der Waals surface area contributed by atoms with Crippen LogP contribution in [0.15, 0.2) is 96.1 Å². The summed E-state index contributed by atoms with van der Waals surface area (Å²) >= 11 is 6.77. The smallest absolute Gasteiger partial charge is 0.410 e. The molecule has 61 heavy (non-hydrogen) atoms. The fourth-order valence-corrected chi connectivity index (χ4v) is 8.44. The van der Waals surface area contributed by atoms with Gasteiger partial charge >= 0.3 is 18.1 Å². The lowest BCUT2D eigenvalue weighted by atomic mass is 10.0. The van der Waals surface area contributed by atoms with Crippen LogP contribution in [-0.2, 0) is 33.8 Å². The summed E-state index contributed by atoms with van der Waals surface area (Å²) in [6.45, 7) is 1.65. The summed E-state index contributed by atoms with van der Waals surface area (Å²) < 4.78 is 17.2. The van der Waals surface area contributed by atoms with E-state index in [2.05, 4.69) is 14.9 Å². The third-order valence-corrected chi connectivity index (χ3v) is 11.5. The molecule has 1 saturated heterocycles. The van der Waals surface area contributed by atoms with E-state index >= 15 is 0 Å². The topological polar surface area (TPSA) is 183 Å². The van der Waals surface area contributed by atoms with Crippen molar-refractivity contribution < 1.29 is 33.4 Å². The monoisotopic (exact) mass is 843 g/mol. The standard InChI is InChI=1S/C44H42ClN9O7/c1-59-38(55)23-30-25-52(44(58)60-27-28-9-3-2-4-10-28)21-22-53(30)40-34-18-19-51(37-16-8-12-29-11-7-15-35(45)39(29)37)26-36(34)48-43(49-40)61-31(24-47-50-46)17-20-54-41(56)32-13-5-6-14-33(32)42(54)57/h2-16,30-31H,17-27H2,1H3. The van der Waals surface area contributed by atoms with Crippen molar-refractivity contribution in [1.29, 1.82) is 0 Å². The molecule has 4 heterocycles. The second-order valence-corrected chi connectivity index (χ2v) is 15.3. The SMILES string of the molecule is COC(=O)CC1CN(C(=O)OCc2ccccc2)CCN1c1nc(OC(CCN2C(=O)c3ccccc3C2=O)CN=[N+]=[N-])nc2c1CCN(c1cccc3cccc(Cl)c13)C2. The number of imide groups is 1. The Morgan fingerprint density at radius 1 is 0.934 bits per heavy atom. The number of benzene rings is 4. The van der Waals surface area contributed by atoms with Gasteiger partial charge in [0.1, 0.15) is 18.5 Å². The highest BCUT2D eigenvalue weighted by Gasteiger charge is 2.38. The number of methoxy groups -OCH3 is 1. The number of aromatic nitrogens is 2.